The topological polar surface area (TPSA) is 54.7 Å². The van der Waals surface area contributed by atoms with Crippen LogP contribution in [-0.4, -0.2) is 46.9 Å². The summed E-state index contributed by atoms with van der Waals surface area (Å²) in [6.45, 7) is 3.52. The first-order valence-corrected chi connectivity index (χ1v) is 8.97. The van der Waals surface area contributed by atoms with Crippen molar-refractivity contribution in [1.29, 1.82) is 0 Å². The minimum Gasteiger partial charge on any atom is -0.491 e. The van der Waals surface area contributed by atoms with E-state index in [4.69, 9.17) is 4.74 Å². The maximum Gasteiger partial charge on any atom is 0.250 e. The van der Waals surface area contributed by atoms with Crippen molar-refractivity contribution in [3.05, 3.63) is 64.6 Å². The summed E-state index contributed by atoms with van der Waals surface area (Å²) in [6, 6.07) is 15.2. The van der Waals surface area contributed by atoms with Gasteiger partial charge in [0.2, 0.25) is 0 Å². The van der Waals surface area contributed by atoms with Crippen LogP contribution in [0.1, 0.15) is 18.0 Å². The quantitative estimate of drug-likeness (QED) is 0.900. The predicted molar refractivity (Wildman–Crippen MR) is 95.9 cm³/mol. The van der Waals surface area contributed by atoms with E-state index < -0.39 is 6.10 Å². The Morgan fingerprint density at radius 3 is 2.76 bits per heavy atom. The molecule has 1 aromatic carbocycles. The molecule has 1 fully saturated rings. The summed E-state index contributed by atoms with van der Waals surface area (Å²) in [5, 5.41) is 10.3. The molecule has 132 valence electrons. The number of aromatic nitrogens is 1. The van der Waals surface area contributed by atoms with Crippen LogP contribution in [0.4, 0.5) is 0 Å². The molecule has 0 radical (unpaired) electrons. The highest BCUT2D eigenvalue weighted by molar-refractivity contribution is 5.21. The van der Waals surface area contributed by atoms with Crippen LogP contribution in [0.5, 0.6) is 5.75 Å². The molecule has 2 aliphatic rings. The zero-order valence-corrected chi connectivity index (χ0v) is 14.3. The third-order valence-corrected chi connectivity index (χ3v) is 5.21. The molecule has 5 nitrogen and oxygen atoms in total. The maximum absolute atomic E-state index is 12.1. The molecule has 5 heteroatoms. The molecule has 1 saturated heterocycles. The molecule has 2 aliphatic heterocycles. The van der Waals surface area contributed by atoms with Gasteiger partial charge in [-0.05, 0) is 30.5 Å². The van der Waals surface area contributed by atoms with Crippen LogP contribution in [0.15, 0.2) is 53.3 Å². The number of benzene rings is 1. The lowest BCUT2D eigenvalue weighted by Gasteiger charge is -2.43. The van der Waals surface area contributed by atoms with Gasteiger partial charge in [-0.15, -0.1) is 0 Å². The number of β-amino-alcohol motifs (C(OH)–C–C–N with tert-alkyl or cyclic N) is 1. The van der Waals surface area contributed by atoms with Gasteiger partial charge in [-0.1, -0.05) is 24.3 Å². The van der Waals surface area contributed by atoms with Crippen molar-refractivity contribution in [3.63, 3.8) is 0 Å². The Kier molecular flexibility index (Phi) is 4.59. The van der Waals surface area contributed by atoms with Gasteiger partial charge in [0.15, 0.2) is 0 Å². The van der Waals surface area contributed by atoms with E-state index in [0.717, 1.165) is 37.5 Å². The molecule has 1 aromatic heterocycles. The van der Waals surface area contributed by atoms with Crippen LogP contribution in [0.3, 0.4) is 0 Å². The molecule has 1 N–H and O–H groups in total. The standard InChI is InChI=1S/C20H24N2O3/c23-17(14-25-18-5-2-1-3-6-18)13-21-10-15-9-16(12-21)19-7-4-8-20(24)22(19)11-15/h1-8,15-17,23H,9-14H2. The molecule has 0 amide bonds. The Hall–Kier alpha value is -2.11. The first-order valence-electron chi connectivity index (χ1n) is 8.97. The summed E-state index contributed by atoms with van der Waals surface area (Å²) < 4.78 is 7.59. The van der Waals surface area contributed by atoms with Gasteiger partial charge in [0.25, 0.3) is 5.56 Å². The molecule has 2 bridgehead atoms. The summed E-state index contributed by atoms with van der Waals surface area (Å²) in [5.74, 6) is 1.64. The lowest BCUT2D eigenvalue weighted by Crippen LogP contribution is -2.49. The molecule has 3 unspecified atom stereocenters. The first kappa shape index (κ1) is 16.4. The van der Waals surface area contributed by atoms with E-state index in [0.29, 0.717) is 25.0 Å². The van der Waals surface area contributed by atoms with Crippen molar-refractivity contribution in [2.45, 2.75) is 25.0 Å². The third-order valence-electron chi connectivity index (χ3n) is 5.21. The zero-order chi connectivity index (χ0) is 17.2. The van der Waals surface area contributed by atoms with Gasteiger partial charge in [0, 0.05) is 43.9 Å². The van der Waals surface area contributed by atoms with Gasteiger partial charge in [-0.25, -0.2) is 0 Å². The maximum atomic E-state index is 12.1. The largest absolute Gasteiger partial charge is 0.491 e. The van der Waals surface area contributed by atoms with Crippen molar-refractivity contribution >= 4 is 0 Å². The average molecular weight is 340 g/mol. The van der Waals surface area contributed by atoms with E-state index in [2.05, 4.69) is 11.0 Å². The van der Waals surface area contributed by atoms with Crippen LogP contribution in [-0.2, 0) is 6.54 Å². The highest BCUT2D eigenvalue weighted by atomic mass is 16.5. The second-order valence-electron chi connectivity index (χ2n) is 7.19. The predicted octanol–water partition coefficient (Wildman–Crippen LogP) is 1.71. The number of likely N-dealkylation sites (tertiary alicyclic amines) is 1. The minimum absolute atomic E-state index is 0.108. The number of nitrogens with zero attached hydrogens (tertiary/aromatic N) is 2. The summed E-state index contributed by atoms with van der Waals surface area (Å²) in [6.07, 6.45) is 0.619. The van der Waals surface area contributed by atoms with Crippen LogP contribution in [0.2, 0.25) is 0 Å². The number of hydrogen-bond donors (Lipinski definition) is 1. The molecule has 0 saturated carbocycles. The minimum atomic E-state index is -0.517. The van der Waals surface area contributed by atoms with E-state index in [1.807, 2.05) is 41.0 Å². The number of piperidine rings is 1. The van der Waals surface area contributed by atoms with Gasteiger partial charge in [-0.3, -0.25) is 9.69 Å². The molecule has 25 heavy (non-hydrogen) atoms. The number of hydrogen-bond acceptors (Lipinski definition) is 4. The SMILES string of the molecule is O=c1cccc2n1CC1CC2CN(CC(O)COc2ccccc2)C1. The van der Waals surface area contributed by atoms with Gasteiger partial charge in [-0.2, -0.15) is 0 Å². The number of rotatable bonds is 5. The fourth-order valence-corrected chi connectivity index (χ4v) is 4.20. The van der Waals surface area contributed by atoms with Crippen LogP contribution >= 0.6 is 0 Å². The normalized spacial score (nSPS) is 23.7. The summed E-state index contributed by atoms with van der Waals surface area (Å²) in [4.78, 5) is 14.4. The number of aliphatic hydroxyl groups is 1. The molecular formula is C20H24N2O3. The van der Waals surface area contributed by atoms with Gasteiger partial charge >= 0.3 is 0 Å². The molecule has 4 rings (SSSR count). The molecule has 0 aliphatic carbocycles. The van der Waals surface area contributed by atoms with E-state index in [1.165, 1.54) is 0 Å². The van der Waals surface area contributed by atoms with Crippen LogP contribution in [0.25, 0.3) is 0 Å². The lowest BCUT2D eigenvalue weighted by atomic mass is 9.83. The summed E-state index contributed by atoms with van der Waals surface area (Å²) in [7, 11) is 0. The van der Waals surface area contributed by atoms with Crippen molar-refractivity contribution in [2.24, 2.45) is 5.92 Å². The highest BCUT2D eigenvalue weighted by Crippen LogP contribution is 2.34. The first-order chi connectivity index (χ1) is 12.2. The van der Waals surface area contributed by atoms with Crippen LogP contribution in [0, 0.1) is 5.92 Å². The van der Waals surface area contributed by atoms with Gasteiger partial charge in [0.1, 0.15) is 18.5 Å². The Morgan fingerprint density at radius 2 is 1.92 bits per heavy atom. The number of ether oxygens (including phenoxy) is 1. The second-order valence-corrected chi connectivity index (χ2v) is 7.19. The van der Waals surface area contributed by atoms with E-state index in [9.17, 15) is 9.90 Å². The summed E-state index contributed by atoms with van der Waals surface area (Å²) >= 11 is 0. The molecule has 0 spiro atoms. The van der Waals surface area contributed by atoms with E-state index in [-0.39, 0.29) is 5.56 Å². The monoisotopic (exact) mass is 340 g/mol. The van der Waals surface area contributed by atoms with Crippen molar-refractivity contribution in [2.75, 3.05) is 26.2 Å². The fraction of sp³-hybridized carbons (Fsp3) is 0.450. The fourth-order valence-electron chi connectivity index (χ4n) is 4.20. The van der Waals surface area contributed by atoms with Crippen molar-refractivity contribution in [3.8, 4) is 5.75 Å². The van der Waals surface area contributed by atoms with E-state index in [1.54, 1.807) is 6.07 Å². The number of fused-ring (bicyclic) bond motifs is 4. The Labute approximate surface area is 147 Å². The number of pyridine rings is 1. The summed E-state index contributed by atoms with van der Waals surface area (Å²) in [5.41, 5.74) is 1.25. The average Bonchev–Trinajstić information content (AvgIpc) is 2.62. The van der Waals surface area contributed by atoms with E-state index >= 15 is 0 Å². The Bertz CT molecular complexity index is 774. The number of aliphatic hydroxyl groups excluding tert-OH is 1. The van der Waals surface area contributed by atoms with Crippen LogP contribution < -0.4 is 10.3 Å². The van der Waals surface area contributed by atoms with Crippen molar-refractivity contribution < 1.29 is 9.84 Å². The molecule has 2 aromatic rings. The van der Waals surface area contributed by atoms with Crippen molar-refractivity contribution in [1.82, 2.24) is 9.47 Å². The second kappa shape index (κ2) is 7.02. The lowest BCUT2D eigenvalue weighted by molar-refractivity contribution is 0.0384. The molecular weight excluding hydrogens is 316 g/mol. The zero-order valence-electron chi connectivity index (χ0n) is 14.3. The smallest absolute Gasteiger partial charge is 0.250 e. The van der Waals surface area contributed by atoms with Gasteiger partial charge in [0.05, 0.1) is 0 Å². The number of para-hydroxylation sites is 1. The Morgan fingerprint density at radius 1 is 1.08 bits per heavy atom. The molecule has 3 atom stereocenters. The Balaban J connectivity index is 1.36. The van der Waals surface area contributed by atoms with Gasteiger partial charge < -0.3 is 14.4 Å². The third kappa shape index (κ3) is 3.62. The highest BCUT2D eigenvalue weighted by Gasteiger charge is 2.34. The molecule has 3 heterocycles.